The molecule has 6 amide bonds. The van der Waals surface area contributed by atoms with Gasteiger partial charge in [0.1, 0.15) is 0 Å². The molecular formula is C124H260N8O6. The van der Waals surface area contributed by atoms with E-state index in [4.69, 9.17) is 0 Å². The predicted molar refractivity (Wildman–Crippen MR) is 618 cm³/mol. The number of amides is 6. The van der Waals surface area contributed by atoms with Crippen molar-refractivity contribution in [3.63, 3.8) is 0 Å². The third kappa shape index (κ3) is 133. The fourth-order valence-corrected chi connectivity index (χ4v) is 16.6. The molecule has 0 saturated carbocycles. The van der Waals surface area contributed by atoms with Gasteiger partial charge in [0, 0.05) is 105 Å². The normalized spacial score (nSPS) is 12.6. The fraction of sp³-hybridized carbons (Fsp3) is 0.952. The monoisotopic (exact) mass is 1960 g/mol. The van der Waals surface area contributed by atoms with E-state index in [-0.39, 0.29) is 28.6 Å². The van der Waals surface area contributed by atoms with Crippen molar-refractivity contribution in [1.82, 2.24) is 40.9 Å². The van der Waals surface area contributed by atoms with Crippen molar-refractivity contribution in [3.8, 4) is 0 Å². The zero-order valence-electron chi connectivity index (χ0n) is 103. The lowest BCUT2D eigenvalue weighted by Gasteiger charge is -2.28. The average Bonchev–Trinajstić information content (AvgIpc) is 0.864. The summed E-state index contributed by atoms with van der Waals surface area (Å²) in [7, 11) is 8.03. The number of unbranched alkanes of at least 4 members (excludes halogenated alkanes) is 14. The highest BCUT2D eigenvalue weighted by Gasteiger charge is 2.26. The van der Waals surface area contributed by atoms with E-state index in [1.807, 2.05) is 35.8 Å². The molecule has 14 nitrogen and oxygen atoms in total. The van der Waals surface area contributed by atoms with Crippen LogP contribution >= 0.6 is 0 Å². The number of rotatable bonds is 74. The predicted octanol–water partition coefficient (Wildman–Crippen LogP) is 34.6. The van der Waals surface area contributed by atoms with Gasteiger partial charge in [-0.25, -0.2) is 0 Å². The molecule has 4 N–H and O–H groups in total. The first kappa shape index (κ1) is 150. The molecule has 0 aromatic rings. The van der Waals surface area contributed by atoms with Gasteiger partial charge < -0.3 is 40.9 Å². The highest BCUT2D eigenvalue weighted by Crippen LogP contribution is 2.31. The van der Waals surface area contributed by atoms with Crippen LogP contribution in [0.4, 0.5) is 0 Å². The van der Waals surface area contributed by atoms with E-state index in [0.717, 1.165) is 111 Å². The lowest BCUT2D eigenvalue weighted by atomic mass is 9.83. The molecule has 0 saturated heterocycles. The van der Waals surface area contributed by atoms with Crippen LogP contribution in [0, 0.1) is 129 Å². The van der Waals surface area contributed by atoms with E-state index in [1.165, 1.54) is 244 Å². The summed E-state index contributed by atoms with van der Waals surface area (Å²) in [4.78, 5) is 79.2. The first-order chi connectivity index (χ1) is 64.0. The molecule has 0 aromatic heterocycles. The molecule has 0 unspecified atom stereocenters. The maximum absolute atomic E-state index is 12.2. The fourth-order valence-electron chi connectivity index (χ4n) is 16.6. The largest absolute Gasteiger partial charge is 0.356 e. The molecule has 0 spiro atoms. The van der Waals surface area contributed by atoms with E-state index in [0.29, 0.717) is 115 Å². The highest BCUT2D eigenvalue weighted by atomic mass is 16.2. The van der Waals surface area contributed by atoms with E-state index in [1.54, 1.807) is 0 Å². The van der Waals surface area contributed by atoms with Gasteiger partial charge in [0.25, 0.3) is 0 Å². The van der Waals surface area contributed by atoms with Crippen LogP contribution in [0.15, 0.2) is 0 Å². The molecule has 0 radical (unpaired) electrons. The van der Waals surface area contributed by atoms with Gasteiger partial charge in [0.2, 0.25) is 35.4 Å². The summed E-state index contributed by atoms with van der Waals surface area (Å²) in [5.41, 5.74) is 0.275. The summed E-state index contributed by atoms with van der Waals surface area (Å²) in [5.74, 6) is 15.1. The Morgan fingerprint density at radius 2 is 0.442 bits per heavy atom. The number of carbonyl (C=O) groups excluding carboxylic acids is 6. The van der Waals surface area contributed by atoms with E-state index < -0.39 is 0 Å². The van der Waals surface area contributed by atoms with Crippen LogP contribution < -0.4 is 21.3 Å². The zero-order chi connectivity index (χ0) is 108. The Labute approximate surface area is 869 Å². The second kappa shape index (κ2) is 98.4. The third-order valence-corrected chi connectivity index (χ3v) is 25.1. The lowest BCUT2D eigenvalue weighted by Crippen LogP contribution is -2.33. The van der Waals surface area contributed by atoms with Gasteiger partial charge in [0.05, 0.1) is 0 Å². The van der Waals surface area contributed by atoms with Gasteiger partial charge in [-0.05, 0) is 182 Å². The van der Waals surface area contributed by atoms with Crippen LogP contribution in [0.2, 0.25) is 0 Å². The topological polar surface area (TPSA) is 164 Å². The molecule has 138 heavy (non-hydrogen) atoms. The summed E-state index contributed by atoms with van der Waals surface area (Å²) in [6.45, 7) is 98.8. The van der Waals surface area contributed by atoms with Crippen molar-refractivity contribution in [3.05, 3.63) is 0 Å². The number of hydrogen-bond donors (Lipinski definition) is 4. The Bertz CT molecular complexity index is 2530. The lowest BCUT2D eigenvalue weighted by molar-refractivity contribution is -0.133. The summed E-state index contributed by atoms with van der Waals surface area (Å²) in [6, 6.07) is 0. The Balaban J connectivity index is -0.000000233. The Morgan fingerprint density at radius 3 is 0.717 bits per heavy atom. The van der Waals surface area contributed by atoms with Crippen molar-refractivity contribution < 1.29 is 28.8 Å². The first-order valence-corrected chi connectivity index (χ1v) is 58.9. The van der Waals surface area contributed by atoms with E-state index in [9.17, 15) is 28.8 Å². The number of nitrogens with zero attached hydrogens (tertiary/aromatic N) is 4. The third-order valence-electron chi connectivity index (χ3n) is 25.1. The molecule has 0 aliphatic carbocycles. The Kier molecular flexibility index (Phi) is 107. The molecule has 0 rings (SSSR count). The van der Waals surface area contributed by atoms with Gasteiger partial charge in [0.15, 0.2) is 0 Å². The van der Waals surface area contributed by atoms with Crippen LogP contribution in [-0.2, 0) is 28.8 Å². The second-order valence-corrected chi connectivity index (χ2v) is 52.2. The smallest absolute Gasteiger partial charge is 0.222 e. The maximum atomic E-state index is 12.2. The number of carbonyl (C=O) groups is 6. The van der Waals surface area contributed by atoms with Crippen LogP contribution in [0.3, 0.4) is 0 Å². The molecule has 0 fully saturated rings. The van der Waals surface area contributed by atoms with Crippen LogP contribution in [0.5, 0.6) is 0 Å². The molecule has 4 atom stereocenters. The highest BCUT2D eigenvalue weighted by molar-refractivity contribution is 5.78. The summed E-state index contributed by atoms with van der Waals surface area (Å²) < 4.78 is 0. The second-order valence-electron chi connectivity index (χ2n) is 52.2. The quantitative estimate of drug-likeness (QED) is 0.0437. The van der Waals surface area contributed by atoms with E-state index in [2.05, 4.69) is 310 Å². The summed E-state index contributed by atoms with van der Waals surface area (Å²) in [5, 5.41) is 12.5. The van der Waals surface area contributed by atoms with Gasteiger partial charge in [-0.3, -0.25) is 28.8 Å². The summed E-state index contributed by atoms with van der Waals surface area (Å²) >= 11 is 0. The molecule has 0 heterocycles. The Hall–Kier alpha value is -3.26. The Morgan fingerprint density at radius 1 is 0.217 bits per heavy atom. The van der Waals surface area contributed by atoms with Crippen molar-refractivity contribution in [2.45, 2.75) is 547 Å². The molecule has 832 valence electrons. The van der Waals surface area contributed by atoms with Crippen molar-refractivity contribution >= 4 is 35.4 Å². The van der Waals surface area contributed by atoms with E-state index >= 15 is 0 Å². The SMILES string of the molecule is CC(C)CCCCC(C)(C)CC(=O)N(C)CC(C)C.CC(C)CCCCC(C)(C)CC(=O)NCC(C)C.CC(C)CCCCCCCN(C)CC(C)C.CC(C)CCCCCCCNCC(C)C.CC(C)CCCC[C@@H](C)CC(=O)N(C)CC(C)C.CC(C)CCCC[C@@H](C)CC(=O)NCC(C)C.CC(C)CCCC[C@H](C)CC(=O)N(C)CC(C)C.CC(C)CCCC[C@H](C)CC(=O)NCC(C)C. The summed E-state index contributed by atoms with van der Waals surface area (Å²) in [6.07, 6.45) is 51.3. The molecule has 0 bridgehead atoms. The minimum atomic E-state index is 0.137. The van der Waals surface area contributed by atoms with Crippen molar-refractivity contribution in [2.75, 3.05) is 93.6 Å². The molecular weight excluding hydrogens is 1700 g/mol. The van der Waals surface area contributed by atoms with Gasteiger partial charge >= 0.3 is 0 Å². The molecule has 0 aromatic carbocycles. The molecule has 0 aliphatic rings. The minimum absolute atomic E-state index is 0.137. The van der Waals surface area contributed by atoms with Crippen LogP contribution in [0.25, 0.3) is 0 Å². The maximum Gasteiger partial charge on any atom is 0.222 e. The van der Waals surface area contributed by atoms with Gasteiger partial charge in [-0.1, -0.05) is 482 Å². The average molecular weight is 1960 g/mol. The standard InChI is InChI=1S/C17H35NO.3C16H33NO.2C15H31NO.C15H33N.C14H31N/c1-14(2)10-8-9-11-17(5,6)12-16(19)18(7)13-15(3)4;1-13(2)9-7-8-10-16(5,6)11-15(18)17-12-14(3)4;2*1-13(2)9-7-8-10-15(5)11-16(18)17(6)12-14(3)4;2*1-12(2)8-6-7-9-14(5)10-15(17)16-11-13(3)4;1-14(2)11-9-7-6-8-10-12-16(5)13-15(3)4;1-13(2)10-8-6-5-7-9-11-15-12-14(3)4/h14-15H,8-13H2,1-7H3;13-14H,7-12H2,1-6H3,(H,17,18);2*13-15H,7-12H2,1-6H3;2*12-14H,6-11H2,1-5H3,(H,16,17);14-15H,6-13H2,1-5H3;13-15H,5-12H2,1-4H3/t;;2*15-;2*14-;;/m..1010../s1. The van der Waals surface area contributed by atoms with Crippen LogP contribution in [0.1, 0.15) is 547 Å². The van der Waals surface area contributed by atoms with Crippen molar-refractivity contribution in [2.24, 2.45) is 129 Å². The van der Waals surface area contributed by atoms with Crippen molar-refractivity contribution in [1.29, 1.82) is 0 Å². The first-order valence-electron chi connectivity index (χ1n) is 58.9. The molecule has 0 aliphatic heterocycles. The van der Waals surface area contributed by atoms with Crippen LogP contribution in [-0.4, -0.2) is 149 Å². The number of nitrogens with one attached hydrogen (secondary N) is 4. The minimum Gasteiger partial charge on any atom is -0.356 e. The van der Waals surface area contributed by atoms with Gasteiger partial charge in [-0.15, -0.1) is 0 Å². The molecule has 14 heteroatoms. The van der Waals surface area contributed by atoms with Gasteiger partial charge in [-0.2, -0.15) is 0 Å². The zero-order valence-corrected chi connectivity index (χ0v) is 103. The number of hydrogen-bond acceptors (Lipinski definition) is 8.